The summed E-state index contributed by atoms with van der Waals surface area (Å²) in [6.45, 7) is 2.56. The first-order chi connectivity index (χ1) is 14.6. The maximum Gasteiger partial charge on any atom is 0.234 e. The van der Waals surface area contributed by atoms with E-state index >= 15 is 0 Å². The Hall–Kier alpha value is -2.41. The largest absolute Gasteiger partial charge is 0.492 e. The van der Waals surface area contributed by atoms with Crippen molar-refractivity contribution in [3.8, 4) is 5.75 Å². The molecule has 1 aliphatic heterocycles. The van der Waals surface area contributed by atoms with Crippen LogP contribution in [-0.2, 0) is 16.9 Å². The summed E-state index contributed by atoms with van der Waals surface area (Å²) >= 11 is 0. The standard InChI is InChI=1S/C23H29N5O2/c29-21(13-27-5-6-30-20-4-2-1-3-19(20)12-27)26-22-8-17-7-18(9-22)11-23(10-17,14-22)28-16-24-15-25-28/h1-4,15-18H,5-14H2,(H,26,29). The fourth-order valence-electron chi connectivity index (χ4n) is 7.13. The van der Waals surface area contributed by atoms with Crippen molar-refractivity contribution in [2.45, 2.75) is 56.1 Å². The molecule has 2 unspecified atom stereocenters. The van der Waals surface area contributed by atoms with Crippen LogP contribution in [0.15, 0.2) is 36.9 Å². The number of carbonyl (C=O) groups is 1. The first kappa shape index (κ1) is 18.4. The van der Waals surface area contributed by atoms with Crippen LogP contribution < -0.4 is 10.1 Å². The number of benzene rings is 1. The van der Waals surface area contributed by atoms with E-state index in [0.717, 1.165) is 43.7 Å². The van der Waals surface area contributed by atoms with Crippen molar-refractivity contribution in [3.63, 3.8) is 0 Å². The lowest BCUT2D eigenvalue weighted by Gasteiger charge is -2.61. The highest BCUT2D eigenvalue weighted by Crippen LogP contribution is 2.60. The number of fused-ring (bicyclic) bond motifs is 1. The molecule has 7 heteroatoms. The molecule has 4 saturated carbocycles. The third-order valence-electron chi connectivity index (χ3n) is 7.74. The van der Waals surface area contributed by atoms with Gasteiger partial charge in [0.2, 0.25) is 5.91 Å². The van der Waals surface area contributed by atoms with Crippen LogP contribution in [0.3, 0.4) is 0 Å². The van der Waals surface area contributed by atoms with Gasteiger partial charge >= 0.3 is 0 Å². The van der Waals surface area contributed by atoms with E-state index in [0.29, 0.717) is 25.0 Å². The predicted octanol–water partition coefficient (Wildman–Crippen LogP) is 2.34. The summed E-state index contributed by atoms with van der Waals surface area (Å²) in [5.41, 5.74) is 1.10. The van der Waals surface area contributed by atoms with Crippen LogP contribution in [0.5, 0.6) is 5.75 Å². The number of nitrogens with zero attached hydrogens (tertiary/aromatic N) is 4. The second-order valence-electron chi connectivity index (χ2n) is 10.0. The molecule has 0 radical (unpaired) electrons. The Bertz CT molecular complexity index is 929. The fourth-order valence-corrected chi connectivity index (χ4v) is 7.13. The van der Waals surface area contributed by atoms with Gasteiger partial charge in [-0.25, -0.2) is 9.67 Å². The maximum atomic E-state index is 13.2. The number of carbonyl (C=O) groups excluding carboxylic acids is 1. The average molecular weight is 408 g/mol. The molecule has 2 heterocycles. The van der Waals surface area contributed by atoms with Gasteiger partial charge in [-0.1, -0.05) is 18.2 Å². The molecule has 4 bridgehead atoms. The summed E-state index contributed by atoms with van der Waals surface area (Å²) in [6.07, 6.45) is 10.4. The van der Waals surface area contributed by atoms with E-state index in [2.05, 4.69) is 31.0 Å². The number of aromatic nitrogens is 3. The second-order valence-corrected chi connectivity index (χ2v) is 10.0. The van der Waals surface area contributed by atoms with Crippen LogP contribution in [0.25, 0.3) is 0 Å². The van der Waals surface area contributed by atoms with Crippen LogP contribution >= 0.6 is 0 Å². The number of para-hydroxylation sites is 1. The van der Waals surface area contributed by atoms with Crippen LogP contribution in [0.1, 0.15) is 44.1 Å². The molecule has 4 fully saturated rings. The van der Waals surface area contributed by atoms with Gasteiger partial charge in [-0.15, -0.1) is 0 Å². The number of nitrogens with one attached hydrogen (secondary N) is 1. The molecule has 1 aromatic carbocycles. The van der Waals surface area contributed by atoms with Crippen molar-refractivity contribution in [1.29, 1.82) is 0 Å². The highest BCUT2D eigenvalue weighted by Gasteiger charge is 2.59. The molecule has 7 nitrogen and oxygen atoms in total. The van der Waals surface area contributed by atoms with E-state index in [1.165, 1.54) is 19.3 Å². The maximum absolute atomic E-state index is 13.2. The molecule has 5 aliphatic rings. The average Bonchev–Trinajstić information content (AvgIpc) is 3.16. The zero-order chi connectivity index (χ0) is 20.2. The Balaban J connectivity index is 1.18. The summed E-state index contributed by atoms with van der Waals surface area (Å²) in [4.78, 5) is 19.6. The van der Waals surface area contributed by atoms with Crippen molar-refractivity contribution in [3.05, 3.63) is 42.5 Å². The van der Waals surface area contributed by atoms with Gasteiger partial charge in [0.25, 0.3) is 0 Å². The van der Waals surface area contributed by atoms with E-state index in [-0.39, 0.29) is 17.0 Å². The zero-order valence-corrected chi connectivity index (χ0v) is 17.3. The molecule has 2 atom stereocenters. The molecule has 7 rings (SSSR count). The van der Waals surface area contributed by atoms with E-state index in [1.54, 1.807) is 6.33 Å². The fraction of sp³-hybridized carbons (Fsp3) is 0.609. The van der Waals surface area contributed by atoms with E-state index in [9.17, 15) is 4.79 Å². The Morgan fingerprint density at radius 3 is 2.83 bits per heavy atom. The highest BCUT2D eigenvalue weighted by atomic mass is 16.5. The summed E-state index contributed by atoms with van der Waals surface area (Å²) < 4.78 is 7.95. The summed E-state index contributed by atoms with van der Waals surface area (Å²) in [7, 11) is 0. The van der Waals surface area contributed by atoms with E-state index in [4.69, 9.17) is 4.74 Å². The minimum absolute atomic E-state index is 0.0310. The summed E-state index contributed by atoms with van der Waals surface area (Å²) in [5, 5.41) is 8.03. The van der Waals surface area contributed by atoms with Crippen molar-refractivity contribution < 1.29 is 9.53 Å². The minimum atomic E-state index is -0.0899. The molecule has 2 aromatic rings. The lowest BCUT2D eigenvalue weighted by atomic mass is 9.50. The SMILES string of the molecule is O=C(CN1CCOc2ccccc2C1)NC12CC3CC(C1)CC(n1cncn1)(C3)C2. The number of rotatable bonds is 4. The van der Waals surface area contributed by atoms with E-state index < -0.39 is 0 Å². The monoisotopic (exact) mass is 407 g/mol. The molecule has 0 spiro atoms. The number of hydrogen-bond donors (Lipinski definition) is 1. The quantitative estimate of drug-likeness (QED) is 0.842. The second kappa shape index (κ2) is 6.80. The first-order valence-corrected chi connectivity index (χ1v) is 11.2. The molecule has 30 heavy (non-hydrogen) atoms. The van der Waals surface area contributed by atoms with Gasteiger partial charge in [0.05, 0.1) is 12.1 Å². The minimum Gasteiger partial charge on any atom is -0.492 e. The van der Waals surface area contributed by atoms with Gasteiger partial charge in [-0.2, -0.15) is 5.10 Å². The number of ether oxygens (including phenoxy) is 1. The van der Waals surface area contributed by atoms with Gasteiger partial charge in [0.1, 0.15) is 25.0 Å². The van der Waals surface area contributed by atoms with Gasteiger partial charge in [-0.3, -0.25) is 9.69 Å². The van der Waals surface area contributed by atoms with Gasteiger partial charge in [0.15, 0.2) is 0 Å². The molecule has 158 valence electrons. The predicted molar refractivity (Wildman–Crippen MR) is 111 cm³/mol. The Morgan fingerprint density at radius 1 is 1.20 bits per heavy atom. The van der Waals surface area contributed by atoms with Crippen LogP contribution in [0.2, 0.25) is 0 Å². The highest BCUT2D eigenvalue weighted by molar-refractivity contribution is 5.79. The molecule has 1 aromatic heterocycles. The lowest BCUT2D eigenvalue weighted by molar-refractivity contribution is -0.131. The molecular formula is C23H29N5O2. The molecule has 1 amide bonds. The summed E-state index contributed by atoms with van der Waals surface area (Å²) in [5.74, 6) is 2.43. The Labute approximate surface area is 176 Å². The van der Waals surface area contributed by atoms with Gasteiger partial charge in [-0.05, 0) is 56.4 Å². The van der Waals surface area contributed by atoms with Crippen molar-refractivity contribution in [2.24, 2.45) is 11.8 Å². The third kappa shape index (κ3) is 3.11. The Kier molecular flexibility index (Phi) is 4.17. The molecule has 0 saturated heterocycles. The van der Waals surface area contributed by atoms with Crippen LogP contribution in [-0.4, -0.2) is 50.8 Å². The van der Waals surface area contributed by atoms with Gasteiger partial charge < -0.3 is 10.1 Å². The topological polar surface area (TPSA) is 72.3 Å². The van der Waals surface area contributed by atoms with E-state index in [1.807, 2.05) is 24.5 Å². The Morgan fingerprint density at radius 2 is 2.03 bits per heavy atom. The van der Waals surface area contributed by atoms with Gasteiger partial charge in [0, 0.05) is 24.2 Å². The van der Waals surface area contributed by atoms with Crippen LogP contribution in [0.4, 0.5) is 0 Å². The third-order valence-corrected chi connectivity index (χ3v) is 7.74. The molecular weight excluding hydrogens is 378 g/mol. The molecule has 1 N–H and O–H groups in total. The van der Waals surface area contributed by atoms with Crippen molar-refractivity contribution in [1.82, 2.24) is 25.0 Å². The number of hydrogen-bond acceptors (Lipinski definition) is 5. The molecule has 4 aliphatic carbocycles. The number of amides is 1. The normalized spacial score (nSPS) is 34.8. The first-order valence-electron chi connectivity index (χ1n) is 11.2. The lowest BCUT2D eigenvalue weighted by Crippen LogP contribution is -2.66. The summed E-state index contributed by atoms with van der Waals surface area (Å²) in [6, 6.07) is 8.13. The van der Waals surface area contributed by atoms with Crippen molar-refractivity contribution in [2.75, 3.05) is 19.7 Å². The zero-order valence-electron chi connectivity index (χ0n) is 17.3. The van der Waals surface area contributed by atoms with Crippen molar-refractivity contribution >= 4 is 5.91 Å². The van der Waals surface area contributed by atoms with Crippen LogP contribution in [0, 0.1) is 11.8 Å². The smallest absolute Gasteiger partial charge is 0.234 e.